The normalized spacial score (nSPS) is 14.3. The molecule has 1 aliphatic heterocycles. The topological polar surface area (TPSA) is 75.4 Å². The molecular weight excluding hydrogens is 278 g/mol. The van der Waals surface area contributed by atoms with Gasteiger partial charge < -0.3 is 16.0 Å². The van der Waals surface area contributed by atoms with Crippen LogP contribution in [0.25, 0.3) is 0 Å². The van der Waals surface area contributed by atoms with Crippen molar-refractivity contribution in [2.24, 2.45) is 0 Å². The summed E-state index contributed by atoms with van der Waals surface area (Å²) in [6.07, 6.45) is 2.47. The van der Waals surface area contributed by atoms with Gasteiger partial charge in [-0.2, -0.15) is 0 Å². The van der Waals surface area contributed by atoms with E-state index in [2.05, 4.69) is 5.32 Å². The van der Waals surface area contributed by atoms with Crippen LogP contribution in [0.1, 0.15) is 29.6 Å². The minimum absolute atomic E-state index is 0.0958. The number of anilines is 1. The third-order valence-corrected chi connectivity index (χ3v) is 3.69. The van der Waals surface area contributed by atoms with Gasteiger partial charge in [-0.05, 0) is 31.0 Å². The molecule has 0 bridgehead atoms. The number of amides is 2. The van der Waals surface area contributed by atoms with Crippen molar-refractivity contribution in [3.63, 3.8) is 0 Å². The lowest BCUT2D eigenvalue weighted by atomic mass is 10.2. The van der Waals surface area contributed by atoms with Gasteiger partial charge in [0.2, 0.25) is 5.91 Å². The molecule has 1 aliphatic rings. The molecule has 0 atom stereocenters. The number of rotatable bonds is 4. The van der Waals surface area contributed by atoms with E-state index < -0.39 is 0 Å². The van der Waals surface area contributed by atoms with Gasteiger partial charge in [-0.15, -0.1) is 0 Å². The number of likely N-dealkylation sites (tertiary alicyclic amines) is 1. The maximum Gasteiger partial charge on any atom is 0.251 e. The highest BCUT2D eigenvalue weighted by Gasteiger charge is 2.17. The Morgan fingerprint density at radius 2 is 2.00 bits per heavy atom. The molecule has 5 nitrogen and oxygen atoms in total. The van der Waals surface area contributed by atoms with Gasteiger partial charge >= 0.3 is 0 Å². The minimum atomic E-state index is -0.248. The lowest BCUT2D eigenvalue weighted by Gasteiger charge is -2.15. The maximum absolute atomic E-state index is 11.9. The molecule has 1 aromatic carbocycles. The van der Waals surface area contributed by atoms with Crippen LogP contribution in [0.15, 0.2) is 18.2 Å². The summed E-state index contributed by atoms with van der Waals surface area (Å²) in [6, 6.07) is 4.72. The van der Waals surface area contributed by atoms with E-state index in [0.717, 1.165) is 25.9 Å². The molecule has 0 radical (unpaired) electrons. The zero-order valence-corrected chi connectivity index (χ0v) is 11.9. The number of carbonyl (C=O) groups excluding carboxylic acids is 2. The molecule has 108 valence electrons. The van der Waals surface area contributed by atoms with Gasteiger partial charge in [0.15, 0.2) is 0 Å². The van der Waals surface area contributed by atoms with Crippen molar-refractivity contribution in [3.05, 3.63) is 28.8 Å². The first-order valence-electron chi connectivity index (χ1n) is 6.69. The molecule has 1 saturated heterocycles. The number of benzene rings is 1. The van der Waals surface area contributed by atoms with Gasteiger partial charge in [-0.25, -0.2) is 0 Å². The summed E-state index contributed by atoms with van der Waals surface area (Å²) in [5.74, 6) is -0.152. The molecule has 0 aromatic heterocycles. The van der Waals surface area contributed by atoms with Crippen LogP contribution in [0.4, 0.5) is 5.69 Å². The van der Waals surface area contributed by atoms with E-state index in [4.69, 9.17) is 17.3 Å². The summed E-state index contributed by atoms with van der Waals surface area (Å²) in [7, 11) is 0. The van der Waals surface area contributed by atoms with Crippen LogP contribution in [0.3, 0.4) is 0 Å². The highest BCUT2D eigenvalue weighted by molar-refractivity contribution is 6.33. The van der Waals surface area contributed by atoms with Crippen LogP contribution >= 0.6 is 11.6 Å². The average Bonchev–Trinajstić information content (AvgIpc) is 2.95. The van der Waals surface area contributed by atoms with Crippen LogP contribution < -0.4 is 11.1 Å². The summed E-state index contributed by atoms with van der Waals surface area (Å²) in [5, 5.41) is 3.14. The fourth-order valence-electron chi connectivity index (χ4n) is 2.19. The SMILES string of the molecule is Nc1cc(C(=O)NCCC(=O)N2CCCC2)ccc1Cl. The number of nitrogens with zero attached hydrogens (tertiary/aromatic N) is 1. The molecular formula is C14H18ClN3O2. The van der Waals surface area contributed by atoms with E-state index in [1.807, 2.05) is 4.90 Å². The molecule has 0 unspecified atom stereocenters. The van der Waals surface area contributed by atoms with Crippen molar-refractivity contribution in [2.75, 3.05) is 25.4 Å². The number of hydrogen-bond donors (Lipinski definition) is 2. The highest BCUT2D eigenvalue weighted by atomic mass is 35.5. The molecule has 1 heterocycles. The molecule has 0 aliphatic carbocycles. The van der Waals surface area contributed by atoms with Crippen LogP contribution in [-0.2, 0) is 4.79 Å². The molecule has 0 spiro atoms. The largest absolute Gasteiger partial charge is 0.398 e. The Morgan fingerprint density at radius 1 is 1.30 bits per heavy atom. The van der Waals surface area contributed by atoms with Crippen molar-refractivity contribution >= 4 is 29.1 Å². The van der Waals surface area contributed by atoms with E-state index >= 15 is 0 Å². The summed E-state index contributed by atoms with van der Waals surface area (Å²) in [6.45, 7) is 2.00. The molecule has 2 amide bonds. The van der Waals surface area contributed by atoms with Gasteiger partial charge in [0.05, 0.1) is 10.7 Å². The summed E-state index contributed by atoms with van der Waals surface area (Å²) < 4.78 is 0. The van der Waals surface area contributed by atoms with Crippen LogP contribution in [0.2, 0.25) is 5.02 Å². The zero-order chi connectivity index (χ0) is 14.5. The Balaban J connectivity index is 1.79. The van der Waals surface area contributed by atoms with Crippen LogP contribution in [-0.4, -0.2) is 36.3 Å². The summed E-state index contributed by atoms with van der Waals surface area (Å²) in [4.78, 5) is 25.5. The summed E-state index contributed by atoms with van der Waals surface area (Å²) >= 11 is 5.80. The molecule has 1 fully saturated rings. The predicted molar refractivity (Wildman–Crippen MR) is 78.6 cm³/mol. The zero-order valence-electron chi connectivity index (χ0n) is 11.2. The van der Waals surface area contributed by atoms with E-state index in [-0.39, 0.29) is 11.8 Å². The Morgan fingerprint density at radius 3 is 2.65 bits per heavy atom. The smallest absolute Gasteiger partial charge is 0.251 e. The fourth-order valence-corrected chi connectivity index (χ4v) is 2.31. The number of nitrogens with two attached hydrogens (primary N) is 1. The van der Waals surface area contributed by atoms with Crippen molar-refractivity contribution in [2.45, 2.75) is 19.3 Å². The third-order valence-electron chi connectivity index (χ3n) is 3.34. The fraction of sp³-hybridized carbons (Fsp3) is 0.429. The number of hydrogen-bond acceptors (Lipinski definition) is 3. The molecule has 20 heavy (non-hydrogen) atoms. The second-order valence-electron chi connectivity index (χ2n) is 4.83. The van der Waals surface area contributed by atoms with Crippen LogP contribution in [0.5, 0.6) is 0 Å². The summed E-state index contributed by atoms with van der Waals surface area (Å²) in [5.41, 5.74) is 6.46. The highest BCUT2D eigenvalue weighted by Crippen LogP contribution is 2.19. The minimum Gasteiger partial charge on any atom is -0.398 e. The van der Waals surface area contributed by atoms with Crippen molar-refractivity contribution in [1.29, 1.82) is 0 Å². The Hall–Kier alpha value is -1.75. The third kappa shape index (κ3) is 3.63. The average molecular weight is 296 g/mol. The maximum atomic E-state index is 11.9. The number of nitrogens with one attached hydrogen (secondary N) is 1. The van der Waals surface area contributed by atoms with Crippen molar-refractivity contribution in [3.8, 4) is 0 Å². The quantitative estimate of drug-likeness (QED) is 0.830. The number of nitrogen functional groups attached to an aromatic ring is 1. The van der Waals surface area contributed by atoms with Gasteiger partial charge in [-0.3, -0.25) is 9.59 Å². The monoisotopic (exact) mass is 295 g/mol. The standard InChI is InChI=1S/C14H18ClN3O2/c15-11-4-3-10(9-12(11)16)14(20)17-6-5-13(19)18-7-1-2-8-18/h3-4,9H,1-2,5-8,16H2,(H,17,20). The van der Waals surface area contributed by atoms with Crippen molar-refractivity contribution < 1.29 is 9.59 Å². The second-order valence-corrected chi connectivity index (χ2v) is 5.24. The van der Waals surface area contributed by atoms with Gasteiger partial charge in [0.25, 0.3) is 5.91 Å². The first kappa shape index (κ1) is 14.7. The van der Waals surface area contributed by atoms with Gasteiger partial charge in [0, 0.05) is 31.6 Å². The Kier molecular flexibility index (Phi) is 4.84. The number of halogens is 1. The van der Waals surface area contributed by atoms with Crippen LogP contribution in [0, 0.1) is 0 Å². The molecule has 3 N–H and O–H groups in total. The number of carbonyl (C=O) groups is 2. The first-order chi connectivity index (χ1) is 9.58. The molecule has 0 saturated carbocycles. The molecule has 2 rings (SSSR count). The van der Waals surface area contributed by atoms with Crippen molar-refractivity contribution in [1.82, 2.24) is 10.2 Å². The second kappa shape index (κ2) is 6.61. The predicted octanol–water partition coefficient (Wildman–Crippen LogP) is 1.66. The van der Waals surface area contributed by atoms with E-state index in [1.165, 1.54) is 6.07 Å². The van der Waals surface area contributed by atoms with Gasteiger partial charge in [-0.1, -0.05) is 11.6 Å². The first-order valence-corrected chi connectivity index (χ1v) is 7.07. The molecule has 1 aromatic rings. The Bertz CT molecular complexity index is 513. The van der Waals surface area contributed by atoms with E-state index in [0.29, 0.717) is 29.2 Å². The lowest BCUT2D eigenvalue weighted by Crippen LogP contribution is -2.32. The molecule has 6 heteroatoms. The van der Waals surface area contributed by atoms with E-state index in [1.54, 1.807) is 12.1 Å². The Labute approximate surface area is 123 Å². The van der Waals surface area contributed by atoms with E-state index in [9.17, 15) is 9.59 Å². The van der Waals surface area contributed by atoms with Gasteiger partial charge in [0.1, 0.15) is 0 Å². The lowest BCUT2D eigenvalue weighted by molar-refractivity contribution is -0.129.